The van der Waals surface area contributed by atoms with Crippen molar-refractivity contribution in [2.45, 2.75) is 38.4 Å². The quantitative estimate of drug-likeness (QED) is 0.712. The molecule has 7 heteroatoms. The van der Waals surface area contributed by atoms with Crippen molar-refractivity contribution in [1.82, 2.24) is 25.5 Å². The Kier molecular flexibility index (Phi) is 7.06. The molecule has 1 aromatic carbocycles. The lowest BCUT2D eigenvalue weighted by atomic mass is 10.1. The van der Waals surface area contributed by atoms with Gasteiger partial charge in [0, 0.05) is 25.3 Å². The zero-order chi connectivity index (χ0) is 16.5. The Morgan fingerprint density at radius 1 is 1.30 bits per heavy atom. The molecule has 0 aliphatic rings. The SMILES string of the molecule is CC(C)Cn1nnnc1SCCC(=O)NCCc1ccccc1. The first-order chi connectivity index (χ1) is 11.1. The fraction of sp³-hybridized carbons (Fsp3) is 0.500. The van der Waals surface area contributed by atoms with Crippen molar-refractivity contribution >= 4 is 17.7 Å². The fourth-order valence-electron chi connectivity index (χ4n) is 2.07. The number of thioether (sulfide) groups is 1. The maximum atomic E-state index is 11.8. The van der Waals surface area contributed by atoms with Gasteiger partial charge in [0.1, 0.15) is 0 Å². The van der Waals surface area contributed by atoms with Crippen molar-refractivity contribution in [2.75, 3.05) is 12.3 Å². The van der Waals surface area contributed by atoms with E-state index in [9.17, 15) is 4.79 Å². The zero-order valence-corrected chi connectivity index (χ0v) is 14.4. The van der Waals surface area contributed by atoms with Gasteiger partial charge in [0.2, 0.25) is 11.1 Å². The molecule has 1 heterocycles. The molecule has 1 amide bonds. The molecule has 6 nitrogen and oxygen atoms in total. The van der Waals surface area contributed by atoms with Crippen LogP contribution >= 0.6 is 11.8 Å². The second kappa shape index (κ2) is 9.29. The first-order valence-electron chi connectivity index (χ1n) is 7.84. The Morgan fingerprint density at radius 3 is 2.83 bits per heavy atom. The van der Waals surface area contributed by atoms with Crippen LogP contribution in [-0.2, 0) is 17.8 Å². The molecule has 0 aliphatic carbocycles. The van der Waals surface area contributed by atoms with Crippen LogP contribution in [0.4, 0.5) is 0 Å². The monoisotopic (exact) mass is 333 g/mol. The number of nitrogens with zero attached hydrogens (tertiary/aromatic N) is 4. The van der Waals surface area contributed by atoms with E-state index in [1.165, 1.54) is 17.3 Å². The van der Waals surface area contributed by atoms with Crippen LogP contribution in [0.2, 0.25) is 0 Å². The number of hydrogen-bond donors (Lipinski definition) is 1. The van der Waals surface area contributed by atoms with Crippen molar-refractivity contribution in [3.8, 4) is 0 Å². The summed E-state index contributed by atoms with van der Waals surface area (Å²) in [6.45, 7) is 5.70. The summed E-state index contributed by atoms with van der Waals surface area (Å²) < 4.78 is 1.79. The van der Waals surface area contributed by atoms with Crippen LogP contribution in [0.5, 0.6) is 0 Å². The number of amides is 1. The largest absolute Gasteiger partial charge is 0.356 e. The van der Waals surface area contributed by atoms with Crippen LogP contribution < -0.4 is 5.32 Å². The van der Waals surface area contributed by atoms with Gasteiger partial charge < -0.3 is 5.32 Å². The van der Waals surface area contributed by atoms with Gasteiger partial charge >= 0.3 is 0 Å². The third kappa shape index (κ3) is 6.40. The van der Waals surface area contributed by atoms with Crippen molar-refractivity contribution < 1.29 is 4.79 Å². The predicted molar refractivity (Wildman–Crippen MR) is 91.2 cm³/mol. The molecule has 0 bridgehead atoms. The second-order valence-electron chi connectivity index (χ2n) is 5.72. The van der Waals surface area contributed by atoms with Crippen LogP contribution in [0.25, 0.3) is 0 Å². The molecule has 2 rings (SSSR count). The summed E-state index contributed by atoms with van der Waals surface area (Å²) in [5.74, 6) is 1.23. The molecule has 2 aromatic rings. The molecular formula is C16H23N5OS. The topological polar surface area (TPSA) is 72.7 Å². The van der Waals surface area contributed by atoms with Crippen molar-refractivity contribution in [2.24, 2.45) is 5.92 Å². The number of aromatic nitrogens is 4. The standard InChI is InChI=1S/C16H23N5OS/c1-13(2)12-21-16(18-19-20-21)23-11-9-15(22)17-10-8-14-6-4-3-5-7-14/h3-7,13H,8-12H2,1-2H3,(H,17,22). The summed E-state index contributed by atoms with van der Waals surface area (Å²) in [5.41, 5.74) is 1.23. The molecule has 0 unspecified atom stereocenters. The molecule has 0 saturated heterocycles. The highest BCUT2D eigenvalue weighted by Gasteiger charge is 2.09. The van der Waals surface area contributed by atoms with Crippen molar-refractivity contribution in [3.63, 3.8) is 0 Å². The van der Waals surface area contributed by atoms with Gasteiger partial charge in [-0.05, 0) is 28.3 Å². The van der Waals surface area contributed by atoms with Gasteiger partial charge in [0.15, 0.2) is 0 Å². The number of carbonyl (C=O) groups is 1. The van der Waals surface area contributed by atoms with E-state index in [0.29, 0.717) is 24.6 Å². The predicted octanol–water partition coefficient (Wildman–Crippen LogP) is 2.17. The first kappa shape index (κ1) is 17.5. The van der Waals surface area contributed by atoms with Crippen LogP contribution in [0.15, 0.2) is 35.5 Å². The molecule has 1 aromatic heterocycles. The number of tetrazole rings is 1. The van der Waals surface area contributed by atoms with Crippen LogP contribution in [0.3, 0.4) is 0 Å². The van der Waals surface area contributed by atoms with E-state index in [1.54, 1.807) is 4.68 Å². The highest BCUT2D eigenvalue weighted by Crippen LogP contribution is 2.15. The summed E-state index contributed by atoms with van der Waals surface area (Å²) in [6, 6.07) is 10.1. The number of benzene rings is 1. The first-order valence-corrected chi connectivity index (χ1v) is 8.83. The lowest BCUT2D eigenvalue weighted by molar-refractivity contribution is -0.120. The maximum absolute atomic E-state index is 11.8. The van der Waals surface area contributed by atoms with Gasteiger partial charge in [0.25, 0.3) is 0 Å². The lowest BCUT2D eigenvalue weighted by Crippen LogP contribution is -2.25. The summed E-state index contributed by atoms with van der Waals surface area (Å²) in [4.78, 5) is 11.8. The van der Waals surface area contributed by atoms with E-state index >= 15 is 0 Å². The summed E-state index contributed by atoms with van der Waals surface area (Å²) in [7, 11) is 0. The summed E-state index contributed by atoms with van der Waals surface area (Å²) >= 11 is 1.52. The van der Waals surface area contributed by atoms with Gasteiger partial charge in [-0.15, -0.1) is 5.10 Å². The Balaban J connectivity index is 1.64. The smallest absolute Gasteiger partial charge is 0.220 e. The van der Waals surface area contributed by atoms with Gasteiger partial charge in [-0.3, -0.25) is 4.79 Å². The molecule has 0 atom stereocenters. The summed E-state index contributed by atoms with van der Waals surface area (Å²) in [5, 5.41) is 15.4. The molecule has 124 valence electrons. The lowest BCUT2D eigenvalue weighted by Gasteiger charge is -2.07. The van der Waals surface area contributed by atoms with E-state index < -0.39 is 0 Å². The van der Waals surface area contributed by atoms with E-state index in [-0.39, 0.29) is 5.91 Å². The highest BCUT2D eigenvalue weighted by molar-refractivity contribution is 7.99. The third-order valence-electron chi connectivity index (χ3n) is 3.18. The van der Waals surface area contributed by atoms with Crippen LogP contribution in [-0.4, -0.2) is 38.4 Å². The van der Waals surface area contributed by atoms with Crippen molar-refractivity contribution in [1.29, 1.82) is 0 Å². The number of nitrogens with one attached hydrogen (secondary N) is 1. The second-order valence-corrected chi connectivity index (χ2v) is 6.78. The minimum absolute atomic E-state index is 0.0660. The average Bonchev–Trinajstić information content (AvgIpc) is 2.95. The average molecular weight is 333 g/mol. The number of rotatable bonds is 9. The Bertz CT molecular complexity index is 600. The van der Waals surface area contributed by atoms with E-state index in [1.807, 2.05) is 18.2 Å². The van der Waals surface area contributed by atoms with Gasteiger partial charge in [-0.1, -0.05) is 55.9 Å². The van der Waals surface area contributed by atoms with Gasteiger partial charge in [0.05, 0.1) is 0 Å². The van der Waals surface area contributed by atoms with E-state index in [2.05, 4.69) is 46.8 Å². The zero-order valence-electron chi connectivity index (χ0n) is 13.6. The van der Waals surface area contributed by atoms with Crippen LogP contribution in [0.1, 0.15) is 25.8 Å². The van der Waals surface area contributed by atoms with E-state index in [0.717, 1.165) is 18.1 Å². The normalized spacial score (nSPS) is 10.9. The minimum atomic E-state index is 0.0660. The van der Waals surface area contributed by atoms with Gasteiger partial charge in [-0.25, -0.2) is 4.68 Å². The Hall–Kier alpha value is -1.89. The molecule has 0 spiro atoms. The summed E-state index contributed by atoms with van der Waals surface area (Å²) in [6.07, 6.45) is 1.32. The Labute approximate surface area is 141 Å². The molecule has 23 heavy (non-hydrogen) atoms. The Morgan fingerprint density at radius 2 is 2.09 bits per heavy atom. The molecule has 0 saturated carbocycles. The van der Waals surface area contributed by atoms with Gasteiger partial charge in [-0.2, -0.15) is 0 Å². The molecule has 0 radical (unpaired) electrons. The number of hydrogen-bond acceptors (Lipinski definition) is 5. The molecule has 0 fully saturated rings. The van der Waals surface area contributed by atoms with Crippen LogP contribution in [0, 0.1) is 5.92 Å². The fourth-order valence-corrected chi connectivity index (χ4v) is 2.90. The minimum Gasteiger partial charge on any atom is -0.356 e. The number of carbonyl (C=O) groups excluding carboxylic acids is 1. The maximum Gasteiger partial charge on any atom is 0.220 e. The van der Waals surface area contributed by atoms with E-state index in [4.69, 9.17) is 0 Å². The van der Waals surface area contributed by atoms with Crippen molar-refractivity contribution in [3.05, 3.63) is 35.9 Å². The highest BCUT2D eigenvalue weighted by atomic mass is 32.2. The molecule has 0 aliphatic heterocycles. The third-order valence-corrected chi connectivity index (χ3v) is 4.13. The molecular weight excluding hydrogens is 310 g/mol. The molecule has 1 N–H and O–H groups in total.